The van der Waals surface area contributed by atoms with Gasteiger partial charge in [-0.2, -0.15) is 24.5 Å². The molecule has 1 atom stereocenters. The maximum Gasteiger partial charge on any atom is 0.419 e. The Kier molecular flexibility index (Phi) is 4.68. The second-order valence-corrected chi connectivity index (χ2v) is 5.48. The van der Waals surface area contributed by atoms with Crippen molar-refractivity contribution in [3.8, 4) is 0 Å². The maximum atomic E-state index is 13.7. The van der Waals surface area contributed by atoms with Gasteiger partial charge < -0.3 is 5.32 Å². The smallest absolute Gasteiger partial charge is 0.306 e. The van der Waals surface area contributed by atoms with Crippen LogP contribution in [0.2, 0.25) is 0 Å². The minimum Gasteiger partial charge on any atom is -0.306 e. The Morgan fingerprint density at radius 1 is 1.24 bits per heavy atom. The lowest BCUT2D eigenvalue weighted by atomic mass is 9.97. The van der Waals surface area contributed by atoms with E-state index in [1.165, 1.54) is 17.4 Å². The molecule has 0 aliphatic rings. The van der Waals surface area contributed by atoms with Gasteiger partial charge in [0.15, 0.2) is 0 Å². The largest absolute Gasteiger partial charge is 0.419 e. The van der Waals surface area contributed by atoms with Crippen molar-refractivity contribution in [2.75, 3.05) is 6.54 Å². The van der Waals surface area contributed by atoms with E-state index < -0.39 is 17.6 Å². The fourth-order valence-electron chi connectivity index (χ4n) is 2.22. The maximum absolute atomic E-state index is 13.7. The van der Waals surface area contributed by atoms with Crippen LogP contribution in [0, 0.1) is 12.7 Å². The molecule has 1 heterocycles. The molecule has 2 rings (SSSR count). The normalized spacial score (nSPS) is 13.4. The lowest BCUT2D eigenvalue weighted by Crippen LogP contribution is -2.22. The third-order valence-corrected chi connectivity index (χ3v) is 4.13. The number of thiophene rings is 1. The van der Waals surface area contributed by atoms with Gasteiger partial charge in [-0.15, -0.1) is 0 Å². The van der Waals surface area contributed by atoms with E-state index in [4.69, 9.17) is 0 Å². The summed E-state index contributed by atoms with van der Waals surface area (Å²) in [7, 11) is 0. The average Bonchev–Trinajstić information content (AvgIpc) is 2.80. The second kappa shape index (κ2) is 6.15. The first-order valence-corrected chi connectivity index (χ1v) is 7.41. The van der Waals surface area contributed by atoms with Gasteiger partial charge in [-0.1, -0.05) is 13.0 Å². The van der Waals surface area contributed by atoms with Crippen LogP contribution in [0.25, 0.3) is 0 Å². The first-order valence-electron chi connectivity index (χ1n) is 6.47. The van der Waals surface area contributed by atoms with E-state index in [1.54, 1.807) is 0 Å². The van der Waals surface area contributed by atoms with Crippen molar-refractivity contribution in [3.63, 3.8) is 0 Å². The van der Waals surface area contributed by atoms with E-state index in [9.17, 15) is 17.6 Å². The van der Waals surface area contributed by atoms with Crippen LogP contribution >= 0.6 is 11.3 Å². The van der Waals surface area contributed by atoms with Gasteiger partial charge in [0.25, 0.3) is 0 Å². The van der Waals surface area contributed by atoms with Crippen molar-refractivity contribution in [3.05, 3.63) is 57.0 Å². The second-order valence-electron chi connectivity index (χ2n) is 4.74. The highest BCUT2D eigenvalue weighted by atomic mass is 32.1. The monoisotopic (exact) mass is 317 g/mol. The molecule has 0 aliphatic heterocycles. The molecule has 0 amide bonds. The number of benzene rings is 1. The lowest BCUT2D eigenvalue weighted by molar-refractivity contribution is -0.140. The van der Waals surface area contributed by atoms with Crippen LogP contribution in [-0.2, 0) is 6.18 Å². The summed E-state index contributed by atoms with van der Waals surface area (Å²) >= 11 is 1.51. The molecule has 1 aromatic heterocycles. The van der Waals surface area contributed by atoms with E-state index in [0.717, 1.165) is 23.3 Å². The Morgan fingerprint density at radius 3 is 2.43 bits per heavy atom. The Balaban J connectivity index is 2.43. The number of hydrogen-bond acceptors (Lipinski definition) is 2. The molecule has 0 bridgehead atoms. The predicted molar refractivity (Wildman–Crippen MR) is 76.0 cm³/mol. The highest BCUT2D eigenvalue weighted by Crippen LogP contribution is 2.34. The first kappa shape index (κ1) is 16.0. The highest BCUT2D eigenvalue weighted by Gasteiger charge is 2.34. The zero-order chi connectivity index (χ0) is 15.6. The molecule has 114 valence electrons. The summed E-state index contributed by atoms with van der Waals surface area (Å²) in [4.78, 5) is 0. The van der Waals surface area contributed by atoms with Crippen molar-refractivity contribution in [1.82, 2.24) is 5.32 Å². The summed E-state index contributed by atoms with van der Waals surface area (Å²) in [6.07, 6.45) is -4.67. The Labute approximate surface area is 124 Å². The summed E-state index contributed by atoms with van der Waals surface area (Å²) in [5.74, 6) is -1.24. The Bertz CT molecular complexity index is 618. The molecule has 1 nitrogen and oxygen atoms in total. The number of aryl methyl sites for hydroxylation is 1. The molecule has 0 fully saturated rings. The van der Waals surface area contributed by atoms with Crippen molar-refractivity contribution in [2.24, 2.45) is 0 Å². The van der Waals surface area contributed by atoms with Gasteiger partial charge >= 0.3 is 6.18 Å². The molecule has 0 saturated carbocycles. The summed E-state index contributed by atoms with van der Waals surface area (Å²) in [5.41, 5.74) is 1.25. The van der Waals surface area contributed by atoms with Crippen LogP contribution in [0.15, 0.2) is 29.0 Å². The summed E-state index contributed by atoms with van der Waals surface area (Å²) in [5, 5.41) is 7.07. The van der Waals surface area contributed by atoms with Crippen molar-refractivity contribution in [1.29, 1.82) is 0 Å². The van der Waals surface area contributed by atoms with Gasteiger partial charge in [-0.05, 0) is 53.1 Å². The molecule has 0 spiro atoms. The average molecular weight is 317 g/mol. The SMILES string of the molecule is CCNC(c1ccc(C(F)(F)F)c(F)c1)c1cscc1C. The molecule has 1 aromatic carbocycles. The standard InChI is InChI=1S/C15H15F4NS/c1-3-20-14(11-8-21-7-9(11)2)10-4-5-12(13(16)6-10)15(17,18)19/h4-8,14,20H,3H2,1-2H3. The third-order valence-electron chi connectivity index (χ3n) is 3.25. The number of halogens is 4. The summed E-state index contributed by atoms with van der Waals surface area (Å²) < 4.78 is 51.6. The van der Waals surface area contributed by atoms with Gasteiger partial charge in [-0.3, -0.25) is 0 Å². The van der Waals surface area contributed by atoms with E-state index >= 15 is 0 Å². The molecule has 0 saturated heterocycles. The molecular formula is C15H15F4NS. The van der Waals surface area contributed by atoms with Gasteiger partial charge in [-0.25, -0.2) is 4.39 Å². The van der Waals surface area contributed by atoms with E-state index in [0.29, 0.717) is 12.1 Å². The number of rotatable bonds is 4. The third kappa shape index (κ3) is 3.44. The van der Waals surface area contributed by atoms with Crippen LogP contribution < -0.4 is 5.32 Å². The van der Waals surface area contributed by atoms with Gasteiger partial charge in [0.05, 0.1) is 11.6 Å². The van der Waals surface area contributed by atoms with Crippen LogP contribution in [-0.4, -0.2) is 6.54 Å². The fourth-order valence-corrected chi connectivity index (χ4v) is 3.10. The fraction of sp³-hybridized carbons (Fsp3) is 0.333. The zero-order valence-electron chi connectivity index (χ0n) is 11.6. The van der Waals surface area contributed by atoms with E-state index in [-0.39, 0.29) is 6.04 Å². The van der Waals surface area contributed by atoms with Gasteiger partial charge in [0, 0.05) is 0 Å². The molecule has 6 heteroatoms. The molecule has 1 unspecified atom stereocenters. The van der Waals surface area contributed by atoms with Gasteiger partial charge in [0.2, 0.25) is 0 Å². The van der Waals surface area contributed by atoms with Crippen LogP contribution in [0.4, 0.5) is 17.6 Å². The van der Waals surface area contributed by atoms with Crippen LogP contribution in [0.5, 0.6) is 0 Å². The number of hydrogen-bond donors (Lipinski definition) is 1. The van der Waals surface area contributed by atoms with E-state index in [1.807, 2.05) is 24.6 Å². The minimum atomic E-state index is -4.67. The van der Waals surface area contributed by atoms with Crippen molar-refractivity contribution in [2.45, 2.75) is 26.1 Å². The zero-order valence-corrected chi connectivity index (χ0v) is 12.4. The Hall–Kier alpha value is -1.40. The van der Waals surface area contributed by atoms with E-state index in [2.05, 4.69) is 5.32 Å². The highest BCUT2D eigenvalue weighted by molar-refractivity contribution is 7.08. The molecular weight excluding hydrogens is 302 g/mol. The lowest BCUT2D eigenvalue weighted by Gasteiger charge is -2.20. The number of alkyl halides is 3. The van der Waals surface area contributed by atoms with Crippen molar-refractivity contribution < 1.29 is 17.6 Å². The minimum absolute atomic E-state index is 0.307. The van der Waals surface area contributed by atoms with Gasteiger partial charge in [0.1, 0.15) is 5.82 Å². The quantitative estimate of drug-likeness (QED) is 0.790. The molecule has 2 aromatic rings. The predicted octanol–water partition coefficient (Wildman–Crippen LogP) is 4.91. The number of nitrogens with one attached hydrogen (secondary N) is 1. The van der Waals surface area contributed by atoms with Crippen molar-refractivity contribution >= 4 is 11.3 Å². The van der Waals surface area contributed by atoms with Crippen LogP contribution in [0.3, 0.4) is 0 Å². The molecule has 0 aliphatic carbocycles. The topological polar surface area (TPSA) is 12.0 Å². The summed E-state index contributed by atoms with van der Waals surface area (Å²) in [6, 6.07) is 2.79. The first-order chi connectivity index (χ1) is 9.84. The Morgan fingerprint density at radius 2 is 1.95 bits per heavy atom. The molecule has 21 heavy (non-hydrogen) atoms. The molecule has 1 N–H and O–H groups in total. The van der Waals surface area contributed by atoms with Crippen LogP contribution in [0.1, 0.15) is 35.2 Å². The molecule has 0 radical (unpaired) electrons. The summed E-state index contributed by atoms with van der Waals surface area (Å²) in [6.45, 7) is 4.45.